The molecule has 6 nitrogen and oxygen atoms in total. The number of hydrogen-bond acceptors (Lipinski definition) is 4. The summed E-state index contributed by atoms with van der Waals surface area (Å²) in [5.74, 6) is 1.69. The number of rotatable bonds is 5. The first-order chi connectivity index (χ1) is 12.2. The van der Waals surface area contributed by atoms with Gasteiger partial charge in [0.2, 0.25) is 5.91 Å². The van der Waals surface area contributed by atoms with E-state index in [2.05, 4.69) is 28.0 Å². The molecule has 4 rings (SSSR count). The number of amides is 1. The van der Waals surface area contributed by atoms with Crippen molar-refractivity contribution in [2.45, 2.75) is 38.8 Å². The SMILES string of the molecule is CCn1cc(CN2CCCN(C(=O)[C@H]3C[C@H]3c3ccco3)CC2)cn1. The standard InChI is InChI=1S/C19H26N4O2/c1-2-23-14-15(12-20-23)13-21-6-4-7-22(9-8-21)19(24)17-11-16(17)18-5-3-10-25-18/h3,5,10,12,14,16-17H,2,4,6-9,11,13H2,1H3/t16-,17+/m1/s1. The number of carbonyl (C=O) groups is 1. The first-order valence-electron chi connectivity index (χ1n) is 9.30. The smallest absolute Gasteiger partial charge is 0.226 e. The Labute approximate surface area is 148 Å². The number of aromatic nitrogens is 2. The van der Waals surface area contributed by atoms with Crippen LogP contribution in [0.4, 0.5) is 0 Å². The monoisotopic (exact) mass is 342 g/mol. The zero-order valence-corrected chi connectivity index (χ0v) is 14.8. The molecule has 0 unspecified atom stereocenters. The van der Waals surface area contributed by atoms with E-state index in [0.29, 0.717) is 11.8 Å². The first-order valence-corrected chi connectivity index (χ1v) is 9.30. The van der Waals surface area contributed by atoms with Crippen LogP contribution < -0.4 is 0 Å². The quantitative estimate of drug-likeness (QED) is 0.837. The van der Waals surface area contributed by atoms with Gasteiger partial charge in [0.15, 0.2) is 0 Å². The van der Waals surface area contributed by atoms with Gasteiger partial charge in [-0.3, -0.25) is 14.4 Å². The molecule has 0 aromatic carbocycles. The van der Waals surface area contributed by atoms with Crippen LogP contribution in [0.15, 0.2) is 35.2 Å². The fourth-order valence-corrected chi connectivity index (χ4v) is 3.79. The molecule has 1 aliphatic carbocycles. The van der Waals surface area contributed by atoms with Crippen LogP contribution in [0.1, 0.15) is 37.0 Å². The second-order valence-electron chi connectivity index (χ2n) is 7.12. The van der Waals surface area contributed by atoms with Crippen molar-refractivity contribution in [1.29, 1.82) is 0 Å². The van der Waals surface area contributed by atoms with Crippen molar-refractivity contribution in [2.24, 2.45) is 5.92 Å². The lowest BCUT2D eigenvalue weighted by atomic mass is 10.2. The molecule has 0 bridgehead atoms. The number of hydrogen-bond donors (Lipinski definition) is 0. The lowest BCUT2D eigenvalue weighted by molar-refractivity contribution is -0.132. The van der Waals surface area contributed by atoms with Gasteiger partial charge in [-0.15, -0.1) is 0 Å². The molecule has 1 saturated heterocycles. The Morgan fingerprint density at radius 1 is 1.32 bits per heavy atom. The second-order valence-corrected chi connectivity index (χ2v) is 7.12. The van der Waals surface area contributed by atoms with Crippen LogP contribution >= 0.6 is 0 Å². The van der Waals surface area contributed by atoms with Gasteiger partial charge >= 0.3 is 0 Å². The lowest BCUT2D eigenvalue weighted by Crippen LogP contribution is -2.36. The van der Waals surface area contributed by atoms with Gasteiger partial charge in [-0.05, 0) is 31.9 Å². The zero-order chi connectivity index (χ0) is 17.2. The van der Waals surface area contributed by atoms with Crippen LogP contribution in [0.25, 0.3) is 0 Å². The summed E-state index contributed by atoms with van der Waals surface area (Å²) < 4.78 is 7.42. The maximum Gasteiger partial charge on any atom is 0.226 e. The summed E-state index contributed by atoms with van der Waals surface area (Å²) in [6.07, 6.45) is 7.73. The van der Waals surface area contributed by atoms with E-state index in [1.807, 2.05) is 23.0 Å². The number of carbonyl (C=O) groups excluding carboxylic acids is 1. The zero-order valence-electron chi connectivity index (χ0n) is 14.8. The molecule has 1 aliphatic heterocycles. The Kier molecular flexibility index (Phi) is 4.61. The number of aryl methyl sites for hydroxylation is 1. The van der Waals surface area contributed by atoms with Crippen molar-refractivity contribution in [3.8, 4) is 0 Å². The van der Waals surface area contributed by atoms with Crippen LogP contribution in [0.5, 0.6) is 0 Å². The average molecular weight is 342 g/mol. The Bertz CT molecular complexity index is 709. The van der Waals surface area contributed by atoms with Crippen molar-refractivity contribution in [1.82, 2.24) is 19.6 Å². The highest BCUT2D eigenvalue weighted by Crippen LogP contribution is 2.48. The minimum Gasteiger partial charge on any atom is -0.469 e. The molecule has 3 heterocycles. The molecule has 6 heteroatoms. The predicted molar refractivity (Wildman–Crippen MR) is 93.9 cm³/mol. The summed E-state index contributed by atoms with van der Waals surface area (Å²) in [4.78, 5) is 17.3. The summed E-state index contributed by atoms with van der Waals surface area (Å²) in [6.45, 7) is 7.57. The van der Waals surface area contributed by atoms with Crippen molar-refractivity contribution in [3.63, 3.8) is 0 Å². The van der Waals surface area contributed by atoms with E-state index in [0.717, 1.165) is 57.9 Å². The van der Waals surface area contributed by atoms with Gasteiger partial charge in [-0.25, -0.2) is 0 Å². The van der Waals surface area contributed by atoms with Crippen LogP contribution in [0.3, 0.4) is 0 Å². The summed E-state index contributed by atoms with van der Waals surface area (Å²) in [5, 5.41) is 4.35. The Morgan fingerprint density at radius 3 is 3.00 bits per heavy atom. The highest BCUT2D eigenvalue weighted by atomic mass is 16.3. The van der Waals surface area contributed by atoms with Gasteiger partial charge in [0.05, 0.1) is 12.5 Å². The van der Waals surface area contributed by atoms with Gasteiger partial charge in [-0.1, -0.05) is 0 Å². The molecule has 0 radical (unpaired) electrons. The summed E-state index contributed by atoms with van der Waals surface area (Å²) in [5.41, 5.74) is 1.25. The molecule has 2 aliphatic rings. The van der Waals surface area contributed by atoms with Crippen molar-refractivity contribution in [3.05, 3.63) is 42.1 Å². The van der Waals surface area contributed by atoms with Crippen molar-refractivity contribution < 1.29 is 9.21 Å². The highest BCUT2D eigenvalue weighted by Gasteiger charge is 2.47. The third-order valence-electron chi connectivity index (χ3n) is 5.33. The van der Waals surface area contributed by atoms with E-state index in [1.165, 1.54) is 5.56 Å². The fraction of sp³-hybridized carbons (Fsp3) is 0.579. The molecular weight excluding hydrogens is 316 g/mol. The predicted octanol–water partition coefficient (Wildman–Crippen LogP) is 2.33. The topological polar surface area (TPSA) is 54.5 Å². The van der Waals surface area contributed by atoms with Gasteiger partial charge < -0.3 is 9.32 Å². The molecule has 2 aromatic heterocycles. The third-order valence-corrected chi connectivity index (χ3v) is 5.33. The van der Waals surface area contributed by atoms with E-state index in [4.69, 9.17) is 4.42 Å². The molecule has 2 aromatic rings. The minimum absolute atomic E-state index is 0.125. The molecular formula is C19H26N4O2. The molecule has 1 saturated carbocycles. The van der Waals surface area contributed by atoms with Crippen molar-refractivity contribution >= 4 is 5.91 Å². The van der Waals surface area contributed by atoms with Gasteiger partial charge in [-0.2, -0.15) is 5.10 Å². The van der Waals surface area contributed by atoms with Crippen LogP contribution in [0, 0.1) is 5.92 Å². The molecule has 2 fully saturated rings. The van der Waals surface area contributed by atoms with E-state index in [1.54, 1.807) is 6.26 Å². The third kappa shape index (κ3) is 3.63. The van der Waals surface area contributed by atoms with E-state index >= 15 is 0 Å². The van der Waals surface area contributed by atoms with Crippen LogP contribution in [-0.2, 0) is 17.9 Å². The highest BCUT2D eigenvalue weighted by molar-refractivity contribution is 5.82. The Hall–Kier alpha value is -2.08. The van der Waals surface area contributed by atoms with E-state index in [9.17, 15) is 4.79 Å². The van der Waals surface area contributed by atoms with Crippen LogP contribution in [-0.4, -0.2) is 51.7 Å². The Morgan fingerprint density at radius 2 is 2.24 bits per heavy atom. The molecule has 25 heavy (non-hydrogen) atoms. The first kappa shape index (κ1) is 16.4. The lowest BCUT2D eigenvalue weighted by Gasteiger charge is -2.22. The average Bonchev–Trinajstić information content (AvgIpc) is 3.08. The molecule has 0 N–H and O–H groups in total. The van der Waals surface area contributed by atoms with E-state index < -0.39 is 0 Å². The summed E-state index contributed by atoms with van der Waals surface area (Å²) >= 11 is 0. The van der Waals surface area contributed by atoms with E-state index in [-0.39, 0.29) is 5.92 Å². The Balaban J connectivity index is 1.30. The largest absolute Gasteiger partial charge is 0.469 e. The number of furan rings is 1. The van der Waals surface area contributed by atoms with Gasteiger partial charge in [0.25, 0.3) is 0 Å². The minimum atomic E-state index is 0.125. The fourth-order valence-electron chi connectivity index (χ4n) is 3.79. The summed E-state index contributed by atoms with van der Waals surface area (Å²) in [7, 11) is 0. The van der Waals surface area contributed by atoms with Crippen LogP contribution in [0.2, 0.25) is 0 Å². The normalized spacial score (nSPS) is 24.3. The molecule has 2 atom stereocenters. The molecule has 0 spiro atoms. The molecule has 1 amide bonds. The maximum atomic E-state index is 12.8. The molecule has 134 valence electrons. The number of nitrogens with zero attached hydrogens (tertiary/aromatic N) is 4. The second kappa shape index (κ2) is 7.04. The van der Waals surface area contributed by atoms with Gasteiger partial charge in [0.1, 0.15) is 5.76 Å². The maximum absolute atomic E-state index is 12.8. The van der Waals surface area contributed by atoms with Crippen molar-refractivity contribution in [2.75, 3.05) is 26.2 Å². The summed E-state index contributed by atoms with van der Waals surface area (Å²) in [6, 6.07) is 3.89. The van der Waals surface area contributed by atoms with Gasteiger partial charge in [0, 0.05) is 62.9 Å².